The van der Waals surface area contributed by atoms with E-state index in [9.17, 15) is 39.6 Å². The lowest BCUT2D eigenvalue weighted by atomic mass is 10.1. The van der Waals surface area contributed by atoms with Crippen LogP contribution >= 0.6 is 0 Å². The molecule has 1 aromatic heterocycles. The number of nitrogens with zero attached hydrogens (tertiary/aromatic N) is 2. The highest BCUT2D eigenvalue weighted by Gasteiger charge is 2.40. The van der Waals surface area contributed by atoms with Crippen LogP contribution in [-0.2, 0) is 20.8 Å². The number of hydrogen-bond acceptors (Lipinski definition) is 4. The summed E-state index contributed by atoms with van der Waals surface area (Å²) in [6.07, 6.45) is -8.10. The fourth-order valence-electron chi connectivity index (χ4n) is 2.80. The number of benzene rings is 2. The summed E-state index contributed by atoms with van der Waals surface area (Å²) in [6.45, 7) is 0. The molecule has 1 heterocycles. The first-order chi connectivity index (χ1) is 14.7. The van der Waals surface area contributed by atoms with Crippen LogP contribution in [0, 0.1) is 0 Å². The Hall–Kier alpha value is -3.35. The largest absolute Gasteiger partial charge is 0.471 e. The van der Waals surface area contributed by atoms with Crippen molar-refractivity contribution in [2.75, 3.05) is 11.6 Å². The van der Waals surface area contributed by atoms with Gasteiger partial charge in [0.1, 0.15) is 0 Å². The fraction of sp³-hybridized carbons (Fsp3) is 0.158. The highest BCUT2D eigenvalue weighted by atomic mass is 32.2. The summed E-state index contributed by atoms with van der Waals surface area (Å²) in [6, 6.07) is 8.88. The van der Waals surface area contributed by atoms with Gasteiger partial charge in [0.15, 0.2) is 15.5 Å². The molecule has 3 aromatic rings. The Morgan fingerprint density at radius 3 is 1.97 bits per heavy atom. The maximum absolute atomic E-state index is 13.8. The molecule has 0 radical (unpaired) electrons. The SMILES string of the molecule is CS(=O)(=O)c1ccc(-n2ncc(-c3ccc(NC(=O)C(F)(F)F)cc3)c2C(F)(F)F)cc1. The predicted octanol–water partition coefficient (Wildman–Crippen LogP) is 4.46. The molecule has 0 fully saturated rings. The molecule has 6 nitrogen and oxygen atoms in total. The van der Waals surface area contributed by atoms with E-state index in [2.05, 4.69) is 5.10 Å². The van der Waals surface area contributed by atoms with E-state index in [-0.39, 0.29) is 27.4 Å². The summed E-state index contributed by atoms with van der Waals surface area (Å²) in [5.41, 5.74) is -1.85. The third-order valence-electron chi connectivity index (χ3n) is 4.26. The summed E-state index contributed by atoms with van der Waals surface area (Å²) in [7, 11) is -3.55. The molecule has 170 valence electrons. The Morgan fingerprint density at radius 2 is 1.50 bits per heavy atom. The smallest absolute Gasteiger partial charge is 0.318 e. The molecule has 1 amide bonds. The first-order valence-electron chi connectivity index (χ1n) is 8.62. The van der Waals surface area contributed by atoms with Crippen molar-refractivity contribution in [1.29, 1.82) is 0 Å². The van der Waals surface area contributed by atoms with Gasteiger partial charge < -0.3 is 5.32 Å². The maximum atomic E-state index is 13.8. The molecule has 32 heavy (non-hydrogen) atoms. The van der Waals surface area contributed by atoms with Crippen molar-refractivity contribution < 1.29 is 39.6 Å². The molecule has 0 aliphatic heterocycles. The monoisotopic (exact) mass is 477 g/mol. The van der Waals surface area contributed by atoms with Crippen LogP contribution in [0.2, 0.25) is 0 Å². The lowest BCUT2D eigenvalue weighted by Gasteiger charge is -2.14. The fourth-order valence-corrected chi connectivity index (χ4v) is 3.43. The van der Waals surface area contributed by atoms with Gasteiger partial charge in [0.05, 0.1) is 16.8 Å². The number of aromatic nitrogens is 2. The van der Waals surface area contributed by atoms with Crippen LogP contribution in [-0.4, -0.2) is 36.5 Å². The van der Waals surface area contributed by atoms with Crippen molar-refractivity contribution in [2.24, 2.45) is 0 Å². The molecule has 0 bridgehead atoms. The highest BCUT2D eigenvalue weighted by Crippen LogP contribution is 2.38. The van der Waals surface area contributed by atoms with Crippen LogP contribution in [0.3, 0.4) is 0 Å². The summed E-state index contributed by atoms with van der Waals surface area (Å²) in [4.78, 5) is 10.9. The molecular formula is C19H13F6N3O3S. The number of carbonyl (C=O) groups is 1. The number of nitrogens with one attached hydrogen (secondary N) is 1. The number of halogens is 6. The van der Waals surface area contributed by atoms with Crippen LogP contribution < -0.4 is 5.32 Å². The first kappa shape index (κ1) is 23.3. The number of anilines is 1. The summed E-state index contributed by atoms with van der Waals surface area (Å²) in [5, 5.41) is 5.35. The molecule has 3 rings (SSSR count). The van der Waals surface area contributed by atoms with E-state index in [1.807, 2.05) is 0 Å². The standard InChI is InChI=1S/C19H13F6N3O3S/c1-32(30,31)14-8-6-13(7-9-14)28-16(18(20,21)22)15(10-26-28)11-2-4-12(5-3-11)27-17(29)19(23,24)25/h2-10H,1H3,(H,27,29). The average Bonchev–Trinajstić information content (AvgIpc) is 3.13. The minimum absolute atomic E-state index is 0.0126. The van der Waals surface area contributed by atoms with E-state index in [1.165, 1.54) is 0 Å². The number of hydrogen-bond donors (Lipinski definition) is 1. The molecule has 1 N–H and O–H groups in total. The van der Waals surface area contributed by atoms with Crippen LogP contribution in [0.25, 0.3) is 16.8 Å². The normalized spacial score (nSPS) is 12.6. The Balaban J connectivity index is 2.00. The van der Waals surface area contributed by atoms with E-state index in [0.29, 0.717) is 4.68 Å². The summed E-state index contributed by atoms with van der Waals surface area (Å²) in [5.74, 6) is -2.22. The highest BCUT2D eigenvalue weighted by molar-refractivity contribution is 7.90. The van der Waals surface area contributed by atoms with Gasteiger partial charge in [-0.15, -0.1) is 0 Å². The van der Waals surface area contributed by atoms with E-state index in [1.54, 1.807) is 5.32 Å². The molecule has 0 unspecified atom stereocenters. The number of amides is 1. The number of rotatable bonds is 4. The Bertz CT molecular complexity index is 1250. The number of alkyl halides is 6. The quantitative estimate of drug-likeness (QED) is 0.563. The molecule has 2 aromatic carbocycles. The Labute approximate surface area is 177 Å². The van der Waals surface area contributed by atoms with Crippen LogP contribution in [0.5, 0.6) is 0 Å². The van der Waals surface area contributed by atoms with Crippen molar-refractivity contribution in [3.05, 3.63) is 60.4 Å². The van der Waals surface area contributed by atoms with Gasteiger partial charge >= 0.3 is 18.3 Å². The number of carbonyl (C=O) groups excluding carboxylic acids is 1. The van der Waals surface area contributed by atoms with Gasteiger partial charge in [-0.3, -0.25) is 4.79 Å². The van der Waals surface area contributed by atoms with Crippen molar-refractivity contribution in [1.82, 2.24) is 9.78 Å². The molecule has 0 spiro atoms. The van der Waals surface area contributed by atoms with Crippen LogP contribution in [0.4, 0.5) is 32.0 Å². The van der Waals surface area contributed by atoms with Gasteiger partial charge in [0, 0.05) is 17.5 Å². The van der Waals surface area contributed by atoms with Gasteiger partial charge in [-0.05, 0) is 42.0 Å². The average molecular weight is 477 g/mol. The molecule has 0 aliphatic carbocycles. The lowest BCUT2D eigenvalue weighted by molar-refractivity contribution is -0.167. The van der Waals surface area contributed by atoms with Crippen molar-refractivity contribution in [3.63, 3.8) is 0 Å². The van der Waals surface area contributed by atoms with Crippen molar-refractivity contribution >= 4 is 21.4 Å². The Kier molecular flexibility index (Phi) is 5.80. The molecule has 0 aliphatic rings. The minimum atomic E-state index is -5.12. The number of sulfone groups is 1. The summed E-state index contributed by atoms with van der Waals surface area (Å²) >= 11 is 0. The zero-order chi connectivity index (χ0) is 23.9. The second-order valence-electron chi connectivity index (χ2n) is 6.61. The van der Waals surface area contributed by atoms with Gasteiger partial charge in [-0.2, -0.15) is 31.4 Å². The lowest BCUT2D eigenvalue weighted by Crippen LogP contribution is -2.29. The van der Waals surface area contributed by atoms with E-state index < -0.39 is 33.8 Å². The van der Waals surface area contributed by atoms with Crippen LogP contribution in [0.1, 0.15) is 5.69 Å². The third kappa shape index (κ3) is 4.93. The zero-order valence-electron chi connectivity index (χ0n) is 16.0. The topological polar surface area (TPSA) is 81.1 Å². The summed E-state index contributed by atoms with van der Waals surface area (Å²) < 4.78 is 102. The van der Waals surface area contributed by atoms with Gasteiger partial charge in [0.25, 0.3) is 0 Å². The molecule has 0 saturated heterocycles. The second kappa shape index (κ2) is 7.97. The van der Waals surface area contributed by atoms with Crippen molar-refractivity contribution in [2.45, 2.75) is 17.2 Å². The van der Waals surface area contributed by atoms with E-state index >= 15 is 0 Å². The zero-order valence-corrected chi connectivity index (χ0v) is 16.8. The van der Waals surface area contributed by atoms with Crippen molar-refractivity contribution in [3.8, 4) is 16.8 Å². The first-order valence-corrected chi connectivity index (χ1v) is 10.5. The van der Waals surface area contributed by atoms with E-state index in [0.717, 1.165) is 61.0 Å². The van der Waals surface area contributed by atoms with Gasteiger partial charge in [-0.1, -0.05) is 12.1 Å². The maximum Gasteiger partial charge on any atom is 0.471 e. The van der Waals surface area contributed by atoms with Crippen LogP contribution in [0.15, 0.2) is 59.6 Å². The second-order valence-corrected chi connectivity index (χ2v) is 8.63. The molecule has 0 atom stereocenters. The molecular weight excluding hydrogens is 464 g/mol. The molecule has 13 heteroatoms. The third-order valence-corrected chi connectivity index (χ3v) is 5.39. The van der Waals surface area contributed by atoms with E-state index in [4.69, 9.17) is 0 Å². The Morgan fingerprint density at radius 1 is 0.938 bits per heavy atom. The molecule has 0 saturated carbocycles. The van der Waals surface area contributed by atoms with Gasteiger partial charge in [-0.25, -0.2) is 13.1 Å². The van der Waals surface area contributed by atoms with Gasteiger partial charge in [0.2, 0.25) is 0 Å². The predicted molar refractivity (Wildman–Crippen MR) is 102 cm³/mol. The minimum Gasteiger partial charge on any atom is -0.318 e.